The molecule has 0 unspecified atom stereocenters. The predicted molar refractivity (Wildman–Crippen MR) is 66.2 cm³/mol. The highest BCUT2D eigenvalue weighted by Crippen LogP contribution is 2.30. The van der Waals surface area contributed by atoms with Gasteiger partial charge in [-0.25, -0.2) is 0 Å². The van der Waals surface area contributed by atoms with E-state index in [2.05, 4.69) is 5.32 Å². The van der Waals surface area contributed by atoms with Gasteiger partial charge < -0.3 is 19.9 Å². The number of ether oxygens (including phenoxy) is 2. The lowest BCUT2D eigenvalue weighted by Crippen LogP contribution is -2.55. The molecule has 0 radical (unpaired) electrons. The number of carbonyl (C=O) groups is 1. The molecule has 0 heterocycles. The predicted octanol–water partition coefficient (Wildman–Crippen LogP) is 1.13. The maximum atomic E-state index is 11.2. The van der Waals surface area contributed by atoms with Gasteiger partial charge in [-0.1, -0.05) is 0 Å². The second-order valence-corrected chi connectivity index (χ2v) is 5.09. The molecule has 5 heteroatoms. The Hall–Kier alpha value is -0.650. The van der Waals surface area contributed by atoms with Crippen molar-refractivity contribution >= 4 is 5.97 Å². The fraction of sp³-hybridized carbons (Fsp3) is 0.917. The molecule has 0 spiro atoms. The molecule has 0 fully saturated rings. The lowest BCUT2D eigenvalue weighted by Gasteiger charge is -2.39. The van der Waals surface area contributed by atoms with E-state index in [1.807, 2.05) is 13.8 Å². The summed E-state index contributed by atoms with van der Waals surface area (Å²) in [6.45, 7) is 9.50. The minimum Gasteiger partial charge on any atom is -0.481 e. The molecular weight excluding hydrogens is 222 g/mol. The van der Waals surface area contributed by atoms with Gasteiger partial charge >= 0.3 is 5.97 Å². The SMILES string of the molecule is COCCOCCNC(C)(C)C(C)(C)C(=O)O. The third-order valence-corrected chi connectivity index (χ3v) is 3.34. The molecule has 0 saturated carbocycles. The number of methoxy groups -OCH3 is 1. The molecule has 0 amide bonds. The molecule has 0 aromatic rings. The molecule has 0 rings (SSSR count). The number of carboxylic acid groups (broad SMARTS) is 1. The molecule has 0 aliphatic heterocycles. The molecule has 0 aliphatic carbocycles. The Morgan fingerprint density at radius 1 is 1.18 bits per heavy atom. The Kier molecular flexibility index (Phi) is 6.67. The van der Waals surface area contributed by atoms with Gasteiger partial charge in [-0.2, -0.15) is 0 Å². The van der Waals surface area contributed by atoms with Crippen LogP contribution in [0.25, 0.3) is 0 Å². The normalized spacial score (nSPS) is 12.8. The van der Waals surface area contributed by atoms with Crippen molar-refractivity contribution in [2.75, 3.05) is 33.5 Å². The Morgan fingerprint density at radius 2 is 1.76 bits per heavy atom. The largest absolute Gasteiger partial charge is 0.481 e. The van der Waals surface area contributed by atoms with E-state index >= 15 is 0 Å². The zero-order valence-corrected chi connectivity index (χ0v) is 11.5. The average Bonchev–Trinajstić information content (AvgIpc) is 2.22. The molecule has 5 nitrogen and oxygen atoms in total. The van der Waals surface area contributed by atoms with E-state index in [4.69, 9.17) is 14.6 Å². The quantitative estimate of drug-likeness (QED) is 0.598. The maximum absolute atomic E-state index is 11.2. The van der Waals surface area contributed by atoms with E-state index in [1.54, 1.807) is 21.0 Å². The summed E-state index contributed by atoms with van der Waals surface area (Å²) in [4.78, 5) is 11.2. The van der Waals surface area contributed by atoms with Gasteiger partial charge in [-0.3, -0.25) is 4.79 Å². The van der Waals surface area contributed by atoms with Gasteiger partial charge in [0.15, 0.2) is 0 Å². The zero-order chi connectivity index (χ0) is 13.5. The Balaban J connectivity index is 3.98. The number of hydrogen-bond acceptors (Lipinski definition) is 4. The molecule has 0 bridgehead atoms. The summed E-state index contributed by atoms with van der Waals surface area (Å²) in [6.07, 6.45) is 0. The minimum absolute atomic E-state index is 0.497. The van der Waals surface area contributed by atoms with Crippen LogP contribution >= 0.6 is 0 Å². The van der Waals surface area contributed by atoms with Crippen LogP contribution in [-0.4, -0.2) is 50.1 Å². The van der Waals surface area contributed by atoms with Crippen LogP contribution in [0, 0.1) is 5.41 Å². The molecule has 0 aromatic carbocycles. The van der Waals surface area contributed by atoms with E-state index in [0.29, 0.717) is 26.4 Å². The molecular formula is C12H25NO4. The van der Waals surface area contributed by atoms with Crippen LogP contribution in [0.2, 0.25) is 0 Å². The number of carboxylic acids is 1. The summed E-state index contributed by atoms with van der Waals surface area (Å²) in [5, 5.41) is 12.4. The number of rotatable bonds is 9. The summed E-state index contributed by atoms with van der Waals surface area (Å²) in [5.74, 6) is -0.810. The third kappa shape index (κ3) is 5.02. The van der Waals surface area contributed by atoms with E-state index in [0.717, 1.165) is 0 Å². The summed E-state index contributed by atoms with van der Waals surface area (Å²) < 4.78 is 10.2. The van der Waals surface area contributed by atoms with E-state index in [1.165, 1.54) is 0 Å². The van der Waals surface area contributed by atoms with Crippen molar-refractivity contribution in [1.82, 2.24) is 5.32 Å². The van der Waals surface area contributed by atoms with Crippen molar-refractivity contribution in [2.45, 2.75) is 33.2 Å². The monoisotopic (exact) mass is 247 g/mol. The lowest BCUT2D eigenvalue weighted by atomic mass is 9.74. The van der Waals surface area contributed by atoms with Gasteiger partial charge in [0.2, 0.25) is 0 Å². The Bertz CT molecular complexity index is 239. The molecule has 2 N–H and O–H groups in total. The fourth-order valence-corrected chi connectivity index (χ4v) is 1.17. The number of aliphatic carboxylic acids is 1. The minimum atomic E-state index is -0.834. The highest BCUT2D eigenvalue weighted by Gasteiger charge is 2.42. The van der Waals surface area contributed by atoms with Crippen molar-refractivity contribution in [3.8, 4) is 0 Å². The van der Waals surface area contributed by atoms with Gasteiger partial charge in [0.1, 0.15) is 0 Å². The molecule has 0 atom stereocenters. The molecule has 0 saturated heterocycles. The topological polar surface area (TPSA) is 67.8 Å². The smallest absolute Gasteiger partial charge is 0.310 e. The second kappa shape index (κ2) is 6.93. The average molecular weight is 247 g/mol. The van der Waals surface area contributed by atoms with E-state index < -0.39 is 16.9 Å². The standard InChI is InChI=1S/C12H25NO4/c1-11(2,10(14)15)12(3,4)13-6-7-17-9-8-16-5/h13H,6-9H2,1-5H3,(H,14,15). The second-order valence-electron chi connectivity index (χ2n) is 5.09. The first kappa shape index (κ1) is 16.4. The van der Waals surface area contributed by atoms with Crippen molar-refractivity contribution in [2.24, 2.45) is 5.41 Å². The highest BCUT2D eigenvalue weighted by molar-refractivity contribution is 5.75. The van der Waals surface area contributed by atoms with Crippen molar-refractivity contribution in [1.29, 1.82) is 0 Å². The van der Waals surface area contributed by atoms with Crippen LogP contribution in [0.3, 0.4) is 0 Å². The number of nitrogens with one attached hydrogen (secondary N) is 1. The van der Waals surface area contributed by atoms with E-state index in [9.17, 15) is 4.79 Å². The summed E-state index contributed by atoms with van der Waals surface area (Å²) in [5.41, 5.74) is -1.33. The van der Waals surface area contributed by atoms with Crippen molar-refractivity contribution in [3.05, 3.63) is 0 Å². The van der Waals surface area contributed by atoms with Crippen molar-refractivity contribution < 1.29 is 19.4 Å². The Morgan fingerprint density at radius 3 is 2.24 bits per heavy atom. The third-order valence-electron chi connectivity index (χ3n) is 3.34. The van der Waals surface area contributed by atoms with Crippen LogP contribution in [0.1, 0.15) is 27.7 Å². The summed E-state index contributed by atoms with van der Waals surface area (Å²) in [6, 6.07) is 0. The summed E-state index contributed by atoms with van der Waals surface area (Å²) in [7, 11) is 1.63. The molecule has 17 heavy (non-hydrogen) atoms. The van der Waals surface area contributed by atoms with Crippen LogP contribution in [0.5, 0.6) is 0 Å². The van der Waals surface area contributed by atoms with Crippen LogP contribution in [0.15, 0.2) is 0 Å². The van der Waals surface area contributed by atoms with Crippen molar-refractivity contribution in [3.63, 3.8) is 0 Å². The van der Waals surface area contributed by atoms with Crippen LogP contribution < -0.4 is 5.32 Å². The Labute approximate surface area is 103 Å². The van der Waals surface area contributed by atoms with E-state index in [-0.39, 0.29) is 0 Å². The maximum Gasteiger partial charge on any atom is 0.310 e. The first-order chi connectivity index (χ1) is 7.75. The van der Waals surface area contributed by atoms with Gasteiger partial charge in [-0.15, -0.1) is 0 Å². The van der Waals surface area contributed by atoms with Gasteiger partial charge in [0.25, 0.3) is 0 Å². The number of hydrogen-bond donors (Lipinski definition) is 2. The zero-order valence-electron chi connectivity index (χ0n) is 11.5. The van der Waals surface area contributed by atoms with Gasteiger partial charge in [0, 0.05) is 19.2 Å². The summed E-state index contributed by atoms with van der Waals surface area (Å²) >= 11 is 0. The van der Waals surface area contributed by atoms with Crippen LogP contribution in [-0.2, 0) is 14.3 Å². The first-order valence-corrected chi connectivity index (χ1v) is 5.81. The first-order valence-electron chi connectivity index (χ1n) is 5.81. The molecule has 0 aliphatic rings. The molecule has 102 valence electrons. The van der Waals surface area contributed by atoms with Gasteiger partial charge in [-0.05, 0) is 27.7 Å². The highest BCUT2D eigenvalue weighted by atomic mass is 16.5. The lowest BCUT2D eigenvalue weighted by molar-refractivity contribution is -0.151. The fourth-order valence-electron chi connectivity index (χ4n) is 1.17. The molecule has 0 aromatic heterocycles. The van der Waals surface area contributed by atoms with Crippen LogP contribution in [0.4, 0.5) is 0 Å². The van der Waals surface area contributed by atoms with Gasteiger partial charge in [0.05, 0.1) is 25.2 Å².